The number of carbonyl (C=O) groups excluding carboxylic acids is 1. The maximum atomic E-state index is 12.1. The molecule has 6 nitrogen and oxygen atoms in total. The van der Waals surface area contributed by atoms with Gasteiger partial charge < -0.3 is 15.2 Å². The third-order valence-electron chi connectivity index (χ3n) is 3.15. The first-order valence-corrected chi connectivity index (χ1v) is 6.40. The van der Waals surface area contributed by atoms with Crippen molar-refractivity contribution in [3.8, 4) is 0 Å². The Hall–Kier alpha value is -2.37. The molecular formula is C14H18N4O2. The first-order chi connectivity index (χ1) is 9.52. The Morgan fingerprint density at radius 3 is 2.60 bits per heavy atom. The van der Waals surface area contributed by atoms with Crippen molar-refractivity contribution in [1.29, 1.82) is 0 Å². The van der Waals surface area contributed by atoms with Crippen LogP contribution in [0.15, 0.2) is 22.9 Å². The highest BCUT2D eigenvalue weighted by atomic mass is 16.5. The number of anilines is 1. The standard InChI is InChI=1S/C14H18N4O2/c1-8(13-9(2)18-20-10(13)3)17-14(19)11-5-6-12(15-4)16-7-11/h5-8H,1-4H3,(H,15,16)(H,17,19). The number of aromatic nitrogens is 2. The van der Waals surface area contributed by atoms with Gasteiger partial charge in [-0.15, -0.1) is 0 Å². The summed E-state index contributed by atoms with van der Waals surface area (Å²) in [4.78, 5) is 16.3. The monoisotopic (exact) mass is 274 g/mol. The van der Waals surface area contributed by atoms with Gasteiger partial charge in [0.05, 0.1) is 17.3 Å². The quantitative estimate of drug-likeness (QED) is 0.893. The predicted molar refractivity (Wildman–Crippen MR) is 75.6 cm³/mol. The molecule has 0 saturated carbocycles. The molecule has 0 bridgehead atoms. The van der Waals surface area contributed by atoms with Crippen molar-refractivity contribution in [2.24, 2.45) is 0 Å². The van der Waals surface area contributed by atoms with Gasteiger partial charge in [-0.25, -0.2) is 4.98 Å². The minimum absolute atomic E-state index is 0.169. The van der Waals surface area contributed by atoms with E-state index in [1.807, 2.05) is 20.8 Å². The van der Waals surface area contributed by atoms with Crippen LogP contribution in [0.5, 0.6) is 0 Å². The number of rotatable bonds is 4. The third kappa shape index (κ3) is 2.79. The SMILES string of the molecule is CNc1ccc(C(=O)NC(C)c2c(C)noc2C)cn1. The molecular weight excluding hydrogens is 256 g/mol. The second kappa shape index (κ2) is 5.73. The van der Waals surface area contributed by atoms with Gasteiger partial charge in [0.25, 0.3) is 5.91 Å². The summed E-state index contributed by atoms with van der Waals surface area (Å²) in [6.45, 7) is 5.60. The first-order valence-electron chi connectivity index (χ1n) is 6.40. The number of carbonyl (C=O) groups is 1. The smallest absolute Gasteiger partial charge is 0.253 e. The number of pyridine rings is 1. The summed E-state index contributed by atoms with van der Waals surface area (Å²) in [5.41, 5.74) is 2.22. The largest absolute Gasteiger partial charge is 0.373 e. The van der Waals surface area contributed by atoms with E-state index in [0.29, 0.717) is 5.56 Å². The van der Waals surface area contributed by atoms with Gasteiger partial charge in [0.15, 0.2) is 0 Å². The third-order valence-corrected chi connectivity index (χ3v) is 3.15. The van der Waals surface area contributed by atoms with Crippen LogP contribution in [0, 0.1) is 13.8 Å². The van der Waals surface area contributed by atoms with Crippen molar-refractivity contribution >= 4 is 11.7 Å². The lowest BCUT2D eigenvalue weighted by Crippen LogP contribution is -2.27. The van der Waals surface area contributed by atoms with Gasteiger partial charge in [0.2, 0.25) is 0 Å². The van der Waals surface area contributed by atoms with Crippen LogP contribution in [-0.4, -0.2) is 23.1 Å². The van der Waals surface area contributed by atoms with E-state index in [2.05, 4.69) is 20.8 Å². The zero-order valence-corrected chi connectivity index (χ0v) is 12.0. The van der Waals surface area contributed by atoms with Crippen LogP contribution in [0.3, 0.4) is 0 Å². The average Bonchev–Trinajstić information content (AvgIpc) is 2.78. The van der Waals surface area contributed by atoms with E-state index in [1.165, 1.54) is 0 Å². The fourth-order valence-corrected chi connectivity index (χ4v) is 2.14. The number of nitrogens with one attached hydrogen (secondary N) is 2. The Labute approximate surface area is 117 Å². The van der Waals surface area contributed by atoms with E-state index in [0.717, 1.165) is 22.8 Å². The Balaban J connectivity index is 2.11. The van der Waals surface area contributed by atoms with Crippen LogP contribution in [0.25, 0.3) is 0 Å². The molecule has 2 aromatic heterocycles. The Morgan fingerprint density at radius 2 is 2.10 bits per heavy atom. The highest BCUT2D eigenvalue weighted by molar-refractivity contribution is 5.94. The number of hydrogen-bond donors (Lipinski definition) is 2. The normalized spacial score (nSPS) is 12.0. The molecule has 2 rings (SSSR count). The van der Waals surface area contributed by atoms with Crippen LogP contribution in [0.1, 0.15) is 40.3 Å². The Morgan fingerprint density at radius 1 is 1.35 bits per heavy atom. The lowest BCUT2D eigenvalue weighted by molar-refractivity contribution is 0.0939. The van der Waals surface area contributed by atoms with Gasteiger partial charge in [-0.3, -0.25) is 4.79 Å². The van der Waals surface area contributed by atoms with E-state index in [-0.39, 0.29) is 11.9 Å². The molecule has 106 valence electrons. The zero-order chi connectivity index (χ0) is 14.7. The lowest BCUT2D eigenvalue weighted by atomic mass is 10.1. The van der Waals surface area contributed by atoms with Crippen LogP contribution in [0.2, 0.25) is 0 Å². The molecule has 0 saturated heterocycles. The molecule has 0 radical (unpaired) electrons. The number of nitrogens with zero attached hydrogens (tertiary/aromatic N) is 2. The van der Waals surface area contributed by atoms with Gasteiger partial charge in [0.1, 0.15) is 11.6 Å². The topological polar surface area (TPSA) is 80.0 Å². The summed E-state index contributed by atoms with van der Waals surface area (Å²) in [7, 11) is 1.78. The Kier molecular flexibility index (Phi) is 4.02. The molecule has 1 atom stereocenters. The molecule has 6 heteroatoms. The summed E-state index contributed by atoms with van der Waals surface area (Å²) in [6.07, 6.45) is 1.54. The maximum Gasteiger partial charge on any atom is 0.253 e. The van der Waals surface area contributed by atoms with Crippen molar-refractivity contribution < 1.29 is 9.32 Å². The minimum atomic E-state index is -0.173. The fraction of sp³-hybridized carbons (Fsp3) is 0.357. The summed E-state index contributed by atoms with van der Waals surface area (Å²) in [6, 6.07) is 3.32. The highest BCUT2D eigenvalue weighted by Crippen LogP contribution is 2.21. The Bertz CT molecular complexity index is 585. The molecule has 0 spiro atoms. The van der Waals surface area contributed by atoms with Crippen LogP contribution < -0.4 is 10.6 Å². The van der Waals surface area contributed by atoms with Crippen molar-refractivity contribution in [1.82, 2.24) is 15.5 Å². The highest BCUT2D eigenvalue weighted by Gasteiger charge is 2.18. The van der Waals surface area contributed by atoms with Gasteiger partial charge >= 0.3 is 0 Å². The summed E-state index contributed by atoms with van der Waals surface area (Å²) >= 11 is 0. The zero-order valence-electron chi connectivity index (χ0n) is 12.0. The van der Waals surface area contributed by atoms with Crippen molar-refractivity contribution in [2.45, 2.75) is 26.8 Å². The summed E-state index contributed by atoms with van der Waals surface area (Å²) < 4.78 is 5.11. The minimum Gasteiger partial charge on any atom is -0.373 e. The summed E-state index contributed by atoms with van der Waals surface area (Å²) in [5, 5.41) is 9.72. The molecule has 2 heterocycles. The number of hydrogen-bond acceptors (Lipinski definition) is 5. The van der Waals surface area contributed by atoms with E-state index < -0.39 is 0 Å². The summed E-state index contributed by atoms with van der Waals surface area (Å²) in [5.74, 6) is 1.27. The molecule has 0 aliphatic heterocycles. The molecule has 0 fully saturated rings. The molecule has 0 aliphatic rings. The molecule has 2 aromatic rings. The predicted octanol–water partition coefficient (Wildman–Crippen LogP) is 2.22. The second-order valence-electron chi connectivity index (χ2n) is 4.62. The van der Waals surface area contributed by atoms with Gasteiger partial charge in [-0.05, 0) is 32.9 Å². The van der Waals surface area contributed by atoms with E-state index >= 15 is 0 Å². The number of aryl methyl sites for hydroxylation is 2. The molecule has 2 N–H and O–H groups in total. The van der Waals surface area contributed by atoms with Crippen molar-refractivity contribution in [3.05, 3.63) is 40.9 Å². The lowest BCUT2D eigenvalue weighted by Gasteiger charge is -2.13. The molecule has 0 aliphatic carbocycles. The number of amides is 1. The molecule has 1 amide bonds. The van der Waals surface area contributed by atoms with Crippen LogP contribution in [0.4, 0.5) is 5.82 Å². The second-order valence-corrected chi connectivity index (χ2v) is 4.62. The van der Waals surface area contributed by atoms with Crippen molar-refractivity contribution in [2.75, 3.05) is 12.4 Å². The van der Waals surface area contributed by atoms with Gasteiger partial charge in [-0.1, -0.05) is 5.16 Å². The van der Waals surface area contributed by atoms with Crippen LogP contribution >= 0.6 is 0 Å². The van der Waals surface area contributed by atoms with Gasteiger partial charge in [0, 0.05) is 18.8 Å². The average molecular weight is 274 g/mol. The first kappa shape index (κ1) is 14.0. The molecule has 20 heavy (non-hydrogen) atoms. The van der Waals surface area contributed by atoms with E-state index in [4.69, 9.17) is 4.52 Å². The maximum absolute atomic E-state index is 12.1. The van der Waals surface area contributed by atoms with Gasteiger partial charge in [-0.2, -0.15) is 0 Å². The molecule has 0 aromatic carbocycles. The van der Waals surface area contributed by atoms with E-state index in [9.17, 15) is 4.79 Å². The fourth-order valence-electron chi connectivity index (χ4n) is 2.14. The van der Waals surface area contributed by atoms with Crippen molar-refractivity contribution in [3.63, 3.8) is 0 Å². The van der Waals surface area contributed by atoms with Crippen LogP contribution in [-0.2, 0) is 0 Å². The van der Waals surface area contributed by atoms with E-state index in [1.54, 1.807) is 25.4 Å². The molecule has 1 unspecified atom stereocenters.